The van der Waals surface area contributed by atoms with Crippen LogP contribution in [0.15, 0.2) is 46.1 Å². The van der Waals surface area contributed by atoms with Gasteiger partial charge in [0.15, 0.2) is 0 Å². The first kappa shape index (κ1) is 14.1. The zero-order valence-electron chi connectivity index (χ0n) is 9.97. The summed E-state index contributed by atoms with van der Waals surface area (Å²) in [6.45, 7) is 0.455. The van der Waals surface area contributed by atoms with Crippen LogP contribution in [0, 0.1) is 0 Å². The highest BCUT2D eigenvalue weighted by molar-refractivity contribution is 7.89. The number of nitrogens with two attached hydrogens (primary N) is 1. The fourth-order valence-electron chi connectivity index (χ4n) is 1.54. The van der Waals surface area contributed by atoms with Crippen molar-refractivity contribution in [3.8, 4) is 0 Å². The summed E-state index contributed by atoms with van der Waals surface area (Å²) in [6, 6.07) is 6.32. The van der Waals surface area contributed by atoms with E-state index in [1.165, 1.54) is 18.6 Å². The Hall–Kier alpha value is -1.34. The highest BCUT2D eigenvalue weighted by atomic mass is 35.5. The molecule has 19 heavy (non-hydrogen) atoms. The van der Waals surface area contributed by atoms with Crippen molar-refractivity contribution in [2.24, 2.45) is 5.73 Å². The van der Waals surface area contributed by atoms with Gasteiger partial charge >= 0.3 is 0 Å². The van der Waals surface area contributed by atoms with Crippen LogP contribution in [-0.2, 0) is 23.1 Å². The van der Waals surface area contributed by atoms with Crippen LogP contribution < -0.4 is 10.5 Å². The Labute approximate surface area is 116 Å². The Balaban J connectivity index is 2.19. The van der Waals surface area contributed by atoms with E-state index in [1.54, 1.807) is 18.2 Å². The van der Waals surface area contributed by atoms with E-state index in [4.69, 9.17) is 21.8 Å². The van der Waals surface area contributed by atoms with Gasteiger partial charge in [-0.05, 0) is 23.8 Å². The van der Waals surface area contributed by atoms with Crippen LogP contribution in [0.3, 0.4) is 0 Å². The molecule has 5 nitrogen and oxygen atoms in total. The van der Waals surface area contributed by atoms with Gasteiger partial charge in [0.05, 0.1) is 17.5 Å². The normalized spacial score (nSPS) is 11.7. The van der Waals surface area contributed by atoms with E-state index in [2.05, 4.69) is 4.72 Å². The van der Waals surface area contributed by atoms with Crippen LogP contribution >= 0.6 is 11.6 Å². The summed E-state index contributed by atoms with van der Waals surface area (Å²) in [6.07, 6.45) is 2.95. The smallest absolute Gasteiger partial charge is 0.242 e. The predicted octanol–water partition coefficient (Wildman–Crippen LogP) is 1.87. The van der Waals surface area contributed by atoms with Crippen LogP contribution in [-0.4, -0.2) is 8.42 Å². The van der Waals surface area contributed by atoms with Gasteiger partial charge in [-0.25, -0.2) is 13.1 Å². The van der Waals surface area contributed by atoms with E-state index in [0.717, 1.165) is 11.1 Å². The van der Waals surface area contributed by atoms with E-state index in [9.17, 15) is 8.42 Å². The van der Waals surface area contributed by atoms with Gasteiger partial charge in [-0.1, -0.05) is 17.7 Å². The van der Waals surface area contributed by atoms with E-state index >= 15 is 0 Å². The molecule has 0 saturated heterocycles. The third-order valence-corrected chi connectivity index (χ3v) is 4.45. The lowest BCUT2D eigenvalue weighted by Crippen LogP contribution is -2.23. The molecule has 0 aliphatic heterocycles. The fourth-order valence-corrected chi connectivity index (χ4v) is 3.12. The van der Waals surface area contributed by atoms with Crippen LogP contribution in [0.25, 0.3) is 0 Å². The molecule has 0 radical (unpaired) electrons. The molecule has 2 aromatic rings. The van der Waals surface area contributed by atoms with Gasteiger partial charge in [0.25, 0.3) is 0 Å². The lowest BCUT2D eigenvalue weighted by atomic mass is 10.2. The summed E-state index contributed by atoms with van der Waals surface area (Å²) in [5.74, 6) is 0. The minimum Gasteiger partial charge on any atom is -0.472 e. The summed E-state index contributed by atoms with van der Waals surface area (Å²) in [5.41, 5.74) is 6.98. The third-order valence-electron chi connectivity index (χ3n) is 2.57. The summed E-state index contributed by atoms with van der Waals surface area (Å²) < 4.78 is 31.5. The van der Waals surface area contributed by atoms with Crippen molar-refractivity contribution in [2.75, 3.05) is 0 Å². The van der Waals surface area contributed by atoms with Gasteiger partial charge in [0, 0.05) is 18.7 Å². The summed E-state index contributed by atoms with van der Waals surface area (Å²) in [4.78, 5) is 0.0369. The number of rotatable bonds is 5. The minimum absolute atomic E-state index is 0.0369. The first-order valence-electron chi connectivity index (χ1n) is 5.52. The van der Waals surface area contributed by atoms with Crippen molar-refractivity contribution in [3.05, 3.63) is 52.9 Å². The SMILES string of the molecule is NCc1ccc(S(=O)(=O)NCc2ccoc2)c(Cl)c1. The average molecular weight is 301 g/mol. The van der Waals surface area contributed by atoms with Crippen molar-refractivity contribution in [3.63, 3.8) is 0 Å². The summed E-state index contributed by atoms with van der Waals surface area (Å²) in [5, 5.41) is 0.155. The summed E-state index contributed by atoms with van der Waals surface area (Å²) >= 11 is 5.96. The highest BCUT2D eigenvalue weighted by Gasteiger charge is 2.17. The second-order valence-electron chi connectivity index (χ2n) is 3.93. The maximum Gasteiger partial charge on any atom is 0.242 e. The van der Waals surface area contributed by atoms with Crippen molar-refractivity contribution >= 4 is 21.6 Å². The first-order chi connectivity index (χ1) is 9.03. The average Bonchev–Trinajstić information content (AvgIpc) is 2.89. The van der Waals surface area contributed by atoms with E-state index < -0.39 is 10.0 Å². The van der Waals surface area contributed by atoms with Gasteiger partial charge < -0.3 is 10.2 Å². The molecule has 102 valence electrons. The fraction of sp³-hybridized carbons (Fsp3) is 0.167. The van der Waals surface area contributed by atoms with Gasteiger partial charge in [0.1, 0.15) is 4.90 Å². The van der Waals surface area contributed by atoms with Crippen molar-refractivity contribution in [1.29, 1.82) is 0 Å². The number of hydrogen-bond donors (Lipinski definition) is 2. The van der Waals surface area contributed by atoms with E-state index in [0.29, 0.717) is 6.54 Å². The zero-order chi connectivity index (χ0) is 13.9. The second-order valence-corrected chi connectivity index (χ2v) is 6.07. The van der Waals surface area contributed by atoms with Crippen molar-refractivity contribution in [2.45, 2.75) is 18.0 Å². The number of furan rings is 1. The molecule has 0 unspecified atom stereocenters. The van der Waals surface area contributed by atoms with Crippen LogP contribution in [0.2, 0.25) is 5.02 Å². The number of sulfonamides is 1. The molecule has 1 aromatic heterocycles. The molecular formula is C12H13ClN2O3S. The molecule has 1 heterocycles. The third kappa shape index (κ3) is 3.36. The standard InChI is InChI=1S/C12H13ClN2O3S/c13-11-5-9(6-14)1-2-12(11)19(16,17)15-7-10-3-4-18-8-10/h1-5,8,15H,6-7,14H2. The predicted molar refractivity (Wildman–Crippen MR) is 72.1 cm³/mol. The van der Waals surface area contributed by atoms with Gasteiger partial charge in [-0.15, -0.1) is 0 Å². The highest BCUT2D eigenvalue weighted by Crippen LogP contribution is 2.22. The Morgan fingerprint density at radius 3 is 2.63 bits per heavy atom. The van der Waals surface area contributed by atoms with E-state index in [1.807, 2.05) is 0 Å². The monoisotopic (exact) mass is 300 g/mol. The molecule has 0 aliphatic carbocycles. The molecule has 0 spiro atoms. The molecule has 0 amide bonds. The molecule has 3 N–H and O–H groups in total. The van der Waals surface area contributed by atoms with Gasteiger partial charge in [0.2, 0.25) is 10.0 Å². The van der Waals surface area contributed by atoms with Crippen molar-refractivity contribution in [1.82, 2.24) is 4.72 Å². The van der Waals surface area contributed by atoms with E-state index in [-0.39, 0.29) is 16.5 Å². The van der Waals surface area contributed by atoms with Gasteiger partial charge in [-0.2, -0.15) is 0 Å². The topological polar surface area (TPSA) is 85.3 Å². The molecule has 0 bridgehead atoms. The molecule has 0 aliphatic rings. The Morgan fingerprint density at radius 2 is 2.05 bits per heavy atom. The first-order valence-corrected chi connectivity index (χ1v) is 7.38. The Kier molecular flexibility index (Phi) is 4.26. The quantitative estimate of drug-likeness (QED) is 0.882. The maximum absolute atomic E-state index is 12.1. The zero-order valence-corrected chi connectivity index (χ0v) is 11.5. The maximum atomic E-state index is 12.1. The molecule has 0 fully saturated rings. The number of hydrogen-bond acceptors (Lipinski definition) is 4. The molecule has 2 rings (SSSR count). The molecule has 0 saturated carbocycles. The Morgan fingerprint density at radius 1 is 1.26 bits per heavy atom. The molecule has 7 heteroatoms. The lowest BCUT2D eigenvalue weighted by Gasteiger charge is -2.08. The number of nitrogens with one attached hydrogen (secondary N) is 1. The lowest BCUT2D eigenvalue weighted by molar-refractivity contribution is 0.561. The largest absolute Gasteiger partial charge is 0.472 e. The molecule has 1 aromatic carbocycles. The summed E-state index contributed by atoms with van der Waals surface area (Å²) in [7, 11) is -3.66. The van der Waals surface area contributed by atoms with Crippen LogP contribution in [0.4, 0.5) is 0 Å². The number of benzene rings is 1. The molecular weight excluding hydrogens is 288 g/mol. The number of halogens is 1. The Bertz CT molecular complexity index is 654. The van der Waals surface area contributed by atoms with Gasteiger partial charge in [-0.3, -0.25) is 0 Å². The minimum atomic E-state index is -3.66. The van der Waals surface area contributed by atoms with Crippen LogP contribution in [0.1, 0.15) is 11.1 Å². The van der Waals surface area contributed by atoms with Crippen LogP contribution in [0.5, 0.6) is 0 Å². The second kappa shape index (κ2) is 5.75. The van der Waals surface area contributed by atoms with Crippen molar-refractivity contribution < 1.29 is 12.8 Å². The molecule has 0 atom stereocenters.